The molecule has 13 heavy (non-hydrogen) atoms. The lowest BCUT2D eigenvalue weighted by Gasteiger charge is -2.31. The molecule has 0 unspecified atom stereocenters. The second-order valence-corrected chi connectivity index (χ2v) is 4.14. The number of aliphatic hydroxyl groups excluding tert-OH is 1. The Morgan fingerprint density at radius 1 is 1.46 bits per heavy atom. The molecule has 0 aromatic rings. The summed E-state index contributed by atoms with van der Waals surface area (Å²) in [6.45, 7) is 6.84. The Morgan fingerprint density at radius 2 is 2.15 bits per heavy atom. The Kier molecular flexibility index (Phi) is 4.16. The maximum atomic E-state index is 9.39. The van der Waals surface area contributed by atoms with Crippen LogP contribution in [-0.4, -0.2) is 30.2 Å². The van der Waals surface area contributed by atoms with Crippen molar-refractivity contribution in [3.63, 3.8) is 0 Å². The predicted octanol–water partition coefficient (Wildman–Crippen LogP) is 1.54. The van der Waals surface area contributed by atoms with Crippen molar-refractivity contribution < 1.29 is 14.6 Å². The summed E-state index contributed by atoms with van der Waals surface area (Å²) in [7, 11) is 0. The Labute approximate surface area is 80.0 Å². The number of rotatable bonds is 3. The molecule has 1 N–H and O–H groups in total. The highest BCUT2D eigenvalue weighted by Crippen LogP contribution is 2.20. The second kappa shape index (κ2) is 4.94. The van der Waals surface area contributed by atoms with Gasteiger partial charge >= 0.3 is 0 Å². The minimum Gasteiger partial charge on any atom is -0.390 e. The molecule has 1 aliphatic rings. The molecular weight excluding hydrogens is 168 g/mol. The van der Waals surface area contributed by atoms with Crippen LogP contribution in [0.1, 0.15) is 33.6 Å². The first kappa shape index (κ1) is 11.0. The van der Waals surface area contributed by atoms with E-state index in [1.54, 1.807) is 0 Å². The molecule has 1 fully saturated rings. The maximum absolute atomic E-state index is 9.39. The van der Waals surface area contributed by atoms with Gasteiger partial charge in [0.05, 0.1) is 18.8 Å². The zero-order chi connectivity index (χ0) is 9.84. The summed E-state index contributed by atoms with van der Waals surface area (Å²) in [4.78, 5) is 0. The summed E-state index contributed by atoms with van der Waals surface area (Å²) < 4.78 is 11.0. The fourth-order valence-electron chi connectivity index (χ4n) is 1.36. The van der Waals surface area contributed by atoms with Crippen molar-refractivity contribution in [2.45, 2.75) is 52.1 Å². The summed E-state index contributed by atoms with van der Waals surface area (Å²) in [6, 6.07) is 0. The van der Waals surface area contributed by atoms with E-state index in [9.17, 15) is 5.11 Å². The standard InChI is InChI=1S/C10H20O3/c1-7(2)6-12-10-5-4-9(11)8(3)13-10/h7-11H,4-6H2,1-3H3/t8-,9+,10-/m0/s1. The Morgan fingerprint density at radius 3 is 2.69 bits per heavy atom. The largest absolute Gasteiger partial charge is 0.390 e. The fourth-order valence-corrected chi connectivity index (χ4v) is 1.36. The summed E-state index contributed by atoms with van der Waals surface area (Å²) in [6.07, 6.45) is 1.06. The van der Waals surface area contributed by atoms with Crippen LogP contribution in [0.25, 0.3) is 0 Å². The topological polar surface area (TPSA) is 38.7 Å². The fraction of sp³-hybridized carbons (Fsp3) is 1.00. The number of aliphatic hydroxyl groups is 1. The molecule has 0 aliphatic carbocycles. The molecule has 3 atom stereocenters. The van der Waals surface area contributed by atoms with E-state index in [1.807, 2.05) is 6.92 Å². The lowest BCUT2D eigenvalue weighted by atomic mass is 10.1. The van der Waals surface area contributed by atoms with Gasteiger partial charge in [-0.05, 0) is 19.3 Å². The van der Waals surface area contributed by atoms with E-state index in [1.165, 1.54) is 0 Å². The van der Waals surface area contributed by atoms with Gasteiger partial charge in [0.1, 0.15) is 0 Å². The first-order valence-corrected chi connectivity index (χ1v) is 5.04. The van der Waals surface area contributed by atoms with E-state index in [4.69, 9.17) is 9.47 Å². The van der Waals surface area contributed by atoms with Crippen LogP contribution in [-0.2, 0) is 9.47 Å². The van der Waals surface area contributed by atoms with Crippen molar-refractivity contribution in [1.29, 1.82) is 0 Å². The molecule has 0 radical (unpaired) electrons. The molecule has 0 saturated carbocycles. The van der Waals surface area contributed by atoms with E-state index < -0.39 is 0 Å². The molecule has 1 rings (SSSR count). The van der Waals surface area contributed by atoms with Crippen LogP contribution in [0.3, 0.4) is 0 Å². The van der Waals surface area contributed by atoms with E-state index in [0.29, 0.717) is 5.92 Å². The highest BCUT2D eigenvalue weighted by molar-refractivity contribution is 4.71. The van der Waals surface area contributed by atoms with Gasteiger partial charge in [0.25, 0.3) is 0 Å². The average molecular weight is 188 g/mol. The van der Waals surface area contributed by atoms with Crippen LogP contribution in [0.4, 0.5) is 0 Å². The van der Waals surface area contributed by atoms with Crippen LogP contribution in [0.15, 0.2) is 0 Å². The lowest BCUT2D eigenvalue weighted by Crippen LogP contribution is -2.38. The first-order valence-electron chi connectivity index (χ1n) is 5.04. The lowest BCUT2D eigenvalue weighted by molar-refractivity contribution is -0.220. The minimum atomic E-state index is -0.320. The van der Waals surface area contributed by atoms with Gasteiger partial charge in [-0.15, -0.1) is 0 Å². The third-order valence-electron chi connectivity index (χ3n) is 2.22. The Balaban J connectivity index is 2.21. The molecule has 3 heteroatoms. The molecule has 0 aromatic carbocycles. The van der Waals surface area contributed by atoms with Crippen molar-refractivity contribution >= 4 is 0 Å². The zero-order valence-electron chi connectivity index (χ0n) is 8.69. The van der Waals surface area contributed by atoms with Gasteiger partial charge in [-0.3, -0.25) is 0 Å². The maximum Gasteiger partial charge on any atom is 0.158 e. The van der Waals surface area contributed by atoms with Gasteiger partial charge in [0, 0.05) is 6.42 Å². The summed E-state index contributed by atoms with van der Waals surface area (Å²) in [5.74, 6) is 0.533. The van der Waals surface area contributed by atoms with Gasteiger partial charge in [-0.25, -0.2) is 0 Å². The SMILES string of the molecule is CC(C)CO[C@@H]1CC[C@@H](O)[C@H](C)O1. The predicted molar refractivity (Wildman–Crippen MR) is 50.4 cm³/mol. The minimum absolute atomic E-state index is 0.0917. The van der Waals surface area contributed by atoms with Crippen LogP contribution in [0.5, 0.6) is 0 Å². The van der Waals surface area contributed by atoms with Gasteiger partial charge in [0.2, 0.25) is 0 Å². The molecule has 0 bridgehead atoms. The highest BCUT2D eigenvalue weighted by Gasteiger charge is 2.26. The third kappa shape index (κ3) is 3.63. The molecule has 0 amide bonds. The number of hydrogen-bond acceptors (Lipinski definition) is 3. The van der Waals surface area contributed by atoms with Crippen LogP contribution >= 0.6 is 0 Å². The monoisotopic (exact) mass is 188 g/mol. The van der Waals surface area contributed by atoms with Crippen LogP contribution in [0.2, 0.25) is 0 Å². The van der Waals surface area contributed by atoms with Crippen molar-refractivity contribution in [2.75, 3.05) is 6.61 Å². The second-order valence-electron chi connectivity index (χ2n) is 4.14. The zero-order valence-corrected chi connectivity index (χ0v) is 8.69. The van der Waals surface area contributed by atoms with Crippen molar-refractivity contribution in [1.82, 2.24) is 0 Å². The summed E-state index contributed by atoms with van der Waals surface area (Å²) in [5, 5.41) is 9.39. The van der Waals surface area contributed by atoms with Crippen molar-refractivity contribution in [3.05, 3.63) is 0 Å². The number of hydrogen-bond donors (Lipinski definition) is 1. The molecule has 0 spiro atoms. The normalized spacial score (nSPS) is 35.3. The van der Waals surface area contributed by atoms with Crippen LogP contribution in [0, 0.1) is 5.92 Å². The van der Waals surface area contributed by atoms with Crippen molar-refractivity contribution in [2.24, 2.45) is 5.92 Å². The van der Waals surface area contributed by atoms with E-state index >= 15 is 0 Å². The molecule has 1 saturated heterocycles. The average Bonchev–Trinajstić information content (AvgIpc) is 2.07. The van der Waals surface area contributed by atoms with Gasteiger partial charge in [-0.1, -0.05) is 13.8 Å². The van der Waals surface area contributed by atoms with E-state index in [-0.39, 0.29) is 18.5 Å². The van der Waals surface area contributed by atoms with E-state index in [0.717, 1.165) is 19.4 Å². The molecule has 3 nitrogen and oxygen atoms in total. The smallest absolute Gasteiger partial charge is 0.158 e. The quantitative estimate of drug-likeness (QED) is 0.730. The number of ether oxygens (including phenoxy) is 2. The first-order chi connectivity index (χ1) is 6.09. The summed E-state index contributed by atoms with van der Waals surface area (Å²) in [5.41, 5.74) is 0. The van der Waals surface area contributed by atoms with E-state index in [2.05, 4.69) is 13.8 Å². The molecule has 78 valence electrons. The molecule has 1 aliphatic heterocycles. The van der Waals surface area contributed by atoms with Gasteiger partial charge < -0.3 is 14.6 Å². The molecule has 0 aromatic heterocycles. The Hall–Kier alpha value is -0.120. The molecular formula is C10H20O3. The summed E-state index contributed by atoms with van der Waals surface area (Å²) >= 11 is 0. The van der Waals surface area contributed by atoms with Crippen LogP contribution < -0.4 is 0 Å². The Bertz CT molecular complexity index is 147. The molecule has 1 heterocycles. The van der Waals surface area contributed by atoms with Gasteiger partial charge in [0.15, 0.2) is 6.29 Å². The van der Waals surface area contributed by atoms with Crippen molar-refractivity contribution in [3.8, 4) is 0 Å². The third-order valence-corrected chi connectivity index (χ3v) is 2.22. The van der Waals surface area contributed by atoms with Gasteiger partial charge in [-0.2, -0.15) is 0 Å². The highest BCUT2D eigenvalue weighted by atomic mass is 16.7.